The molecule has 1 aromatic rings. The molecule has 2 atom stereocenters. The van der Waals surface area contributed by atoms with Gasteiger partial charge in [-0.25, -0.2) is 4.39 Å². The molecule has 2 N–H and O–H groups in total. The summed E-state index contributed by atoms with van der Waals surface area (Å²) in [6.45, 7) is 1.55. The van der Waals surface area contributed by atoms with E-state index in [-0.39, 0.29) is 23.9 Å². The number of carbonyl (C=O) groups excluding carboxylic acids is 1. The molecular formula is C14H19FN2O2. The van der Waals surface area contributed by atoms with Gasteiger partial charge in [0.1, 0.15) is 17.7 Å². The third kappa shape index (κ3) is 3.16. The fourth-order valence-corrected chi connectivity index (χ4v) is 2.42. The first kappa shape index (κ1) is 13.6. The van der Waals surface area contributed by atoms with Crippen LogP contribution in [0.25, 0.3) is 0 Å². The molecule has 0 radical (unpaired) electrons. The van der Waals surface area contributed by atoms with Gasteiger partial charge in [-0.15, -0.1) is 0 Å². The maximum atomic E-state index is 13.1. The Hall–Kier alpha value is -1.78. The quantitative estimate of drug-likeness (QED) is 0.853. The zero-order valence-electron chi connectivity index (χ0n) is 11.2. The number of amides is 1. The van der Waals surface area contributed by atoms with Crippen LogP contribution in [0.5, 0.6) is 5.75 Å². The summed E-state index contributed by atoms with van der Waals surface area (Å²) in [6, 6.07) is 4.30. The van der Waals surface area contributed by atoms with Crippen molar-refractivity contribution in [1.82, 2.24) is 4.90 Å². The number of nitrogens with two attached hydrogens (primary N) is 1. The minimum Gasteiger partial charge on any atom is -0.488 e. The Morgan fingerprint density at radius 1 is 1.47 bits per heavy atom. The van der Waals surface area contributed by atoms with Crippen LogP contribution in [0.15, 0.2) is 18.2 Å². The van der Waals surface area contributed by atoms with Crippen LogP contribution in [0.2, 0.25) is 0 Å². The number of hydrogen-bond donors (Lipinski definition) is 1. The lowest BCUT2D eigenvalue weighted by molar-refractivity contribution is -0.129. The summed E-state index contributed by atoms with van der Waals surface area (Å²) in [5, 5.41) is 0. The molecule has 0 aliphatic heterocycles. The summed E-state index contributed by atoms with van der Waals surface area (Å²) in [7, 11) is 1.80. The Kier molecular flexibility index (Phi) is 3.93. The molecule has 104 valence electrons. The third-order valence-corrected chi connectivity index (χ3v) is 3.67. The minimum absolute atomic E-state index is 0.0177. The van der Waals surface area contributed by atoms with E-state index in [0.29, 0.717) is 11.4 Å². The van der Waals surface area contributed by atoms with Gasteiger partial charge in [0.2, 0.25) is 5.91 Å². The molecule has 0 aromatic heterocycles. The van der Waals surface area contributed by atoms with Crippen molar-refractivity contribution < 1.29 is 13.9 Å². The summed E-state index contributed by atoms with van der Waals surface area (Å²) in [5.41, 5.74) is 6.19. The van der Waals surface area contributed by atoms with Crippen LogP contribution >= 0.6 is 0 Å². The maximum Gasteiger partial charge on any atom is 0.219 e. The van der Waals surface area contributed by atoms with Crippen molar-refractivity contribution >= 4 is 11.6 Å². The average molecular weight is 266 g/mol. The summed E-state index contributed by atoms with van der Waals surface area (Å²) >= 11 is 0. The van der Waals surface area contributed by atoms with Gasteiger partial charge >= 0.3 is 0 Å². The molecule has 1 saturated carbocycles. The van der Waals surface area contributed by atoms with Crippen molar-refractivity contribution in [2.75, 3.05) is 12.8 Å². The summed E-state index contributed by atoms with van der Waals surface area (Å²) in [6.07, 6.45) is 2.48. The SMILES string of the molecule is CC(=O)N(C)[C@H]1CC[C@H](Oc2cc(F)ccc2N)C1. The van der Waals surface area contributed by atoms with E-state index in [2.05, 4.69) is 0 Å². The smallest absolute Gasteiger partial charge is 0.219 e. The first-order valence-electron chi connectivity index (χ1n) is 6.42. The Bertz CT molecular complexity index is 479. The number of halogens is 1. The van der Waals surface area contributed by atoms with Gasteiger partial charge in [0.15, 0.2) is 0 Å². The monoisotopic (exact) mass is 266 g/mol. The lowest BCUT2D eigenvalue weighted by Gasteiger charge is -2.23. The van der Waals surface area contributed by atoms with Crippen LogP contribution in [0.1, 0.15) is 26.2 Å². The van der Waals surface area contributed by atoms with Crippen LogP contribution in [0.3, 0.4) is 0 Å². The van der Waals surface area contributed by atoms with E-state index in [1.54, 1.807) is 18.9 Å². The van der Waals surface area contributed by atoms with Crippen molar-refractivity contribution in [2.24, 2.45) is 0 Å². The van der Waals surface area contributed by atoms with E-state index in [1.165, 1.54) is 18.2 Å². The largest absolute Gasteiger partial charge is 0.488 e. The normalized spacial score (nSPS) is 22.3. The van der Waals surface area contributed by atoms with Gasteiger partial charge in [-0.1, -0.05) is 0 Å². The molecule has 4 nitrogen and oxygen atoms in total. The molecule has 0 unspecified atom stereocenters. The predicted molar refractivity (Wildman–Crippen MR) is 71.3 cm³/mol. The predicted octanol–water partition coefficient (Wildman–Crippen LogP) is 2.19. The van der Waals surface area contributed by atoms with Gasteiger partial charge in [0, 0.05) is 32.5 Å². The zero-order chi connectivity index (χ0) is 14.0. The Balaban J connectivity index is 1.98. The summed E-state index contributed by atoms with van der Waals surface area (Å²) in [5.74, 6) is 0.0756. The van der Waals surface area contributed by atoms with E-state index in [9.17, 15) is 9.18 Å². The number of benzene rings is 1. The van der Waals surface area contributed by atoms with Crippen LogP contribution in [0.4, 0.5) is 10.1 Å². The average Bonchev–Trinajstić information content (AvgIpc) is 2.81. The lowest BCUT2D eigenvalue weighted by atomic mass is 10.2. The third-order valence-electron chi connectivity index (χ3n) is 3.67. The molecule has 0 heterocycles. The first-order chi connectivity index (χ1) is 8.97. The standard InChI is InChI=1S/C14H19FN2O2/c1-9(18)17(2)11-4-5-12(8-11)19-14-7-10(15)3-6-13(14)16/h3,6-7,11-12H,4-5,8,16H2,1-2H3/t11-,12-/m0/s1. The second kappa shape index (κ2) is 5.47. The van der Waals surface area contributed by atoms with E-state index >= 15 is 0 Å². The number of ether oxygens (including phenoxy) is 1. The van der Waals surface area contributed by atoms with Crippen LogP contribution in [-0.4, -0.2) is 30.0 Å². The number of hydrogen-bond acceptors (Lipinski definition) is 3. The second-order valence-electron chi connectivity index (χ2n) is 5.02. The maximum absolute atomic E-state index is 13.1. The van der Waals surface area contributed by atoms with Crippen molar-refractivity contribution in [3.8, 4) is 5.75 Å². The molecule has 1 amide bonds. The zero-order valence-corrected chi connectivity index (χ0v) is 11.2. The topological polar surface area (TPSA) is 55.6 Å². The molecule has 19 heavy (non-hydrogen) atoms. The van der Waals surface area contributed by atoms with Crippen LogP contribution in [0, 0.1) is 5.82 Å². The molecule has 1 aliphatic rings. The molecule has 0 spiro atoms. The number of carbonyl (C=O) groups is 1. The Morgan fingerprint density at radius 2 is 2.21 bits per heavy atom. The number of anilines is 1. The molecule has 1 aromatic carbocycles. The highest BCUT2D eigenvalue weighted by molar-refractivity contribution is 5.73. The van der Waals surface area contributed by atoms with Crippen molar-refractivity contribution in [1.29, 1.82) is 0 Å². The second-order valence-corrected chi connectivity index (χ2v) is 5.02. The number of rotatable bonds is 3. The molecular weight excluding hydrogens is 247 g/mol. The fraction of sp³-hybridized carbons (Fsp3) is 0.500. The van der Waals surface area contributed by atoms with E-state index < -0.39 is 0 Å². The van der Waals surface area contributed by atoms with E-state index in [0.717, 1.165) is 19.3 Å². The number of nitrogen functional groups attached to an aromatic ring is 1. The van der Waals surface area contributed by atoms with E-state index in [1.807, 2.05) is 0 Å². The van der Waals surface area contributed by atoms with Gasteiger partial charge in [-0.2, -0.15) is 0 Å². The Morgan fingerprint density at radius 3 is 2.89 bits per heavy atom. The summed E-state index contributed by atoms with van der Waals surface area (Å²) in [4.78, 5) is 13.0. The fourth-order valence-electron chi connectivity index (χ4n) is 2.42. The molecule has 1 aliphatic carbocycles. The van der Waals surface area contributed by atoms with Gasteiger partial charge in [-0.3, -0.25) is 4.79 Å². The van der Waals surface area contributed by atoms with Gasteiger partial charge < -0.3 is 15.4 Å². The highest BCUT2D eigenvalue weighted by Crippen LogP contribution is 2.30. The van der Waals surface area contributed by atoms with Crippen molar-refractivity contribution in [2.45, 2.75) is 38.3 Å². The van der Waals surface area contributed by atoms with E-state index in [4.69, 9.17) is 10.5 Å². The van der Waals surface area contributed by atoms with Crippen molar-refractivity contribution in [3.05, 3.63) is 24.0 Å². The first-order valence-corrected chi connectivity index (χ1v) is 6.42. The van der Waals surface area contributed by atoms with Crippen LogP contribution in [-0.2, 0) is 4.79 Å². The highest BCUT2D eigenvalue weighted by atomic mass is 19.1. The molecule has 2 rings (SSSR count). The highest BCUT2D eigenvalue weighted by Gasteiger charge is 2.30. The van der Waals surface area contributed by atoms with Gasteiger partial charge in [0.05, 0.1) is 5.69 Å². The lowest BCUT2D eigenvalue weighted by Crippen LogP contribution is -2.34. The molecule has 1 fully saturated rings. The summed E-state index contributed by atoms with van der Waals surface area (Å²) < 4.78 is 18.9. The number of nitrogens with zero attached hydrogens (tertiary/aromatic N) is 1. The van der Waals surface area contributed by atoms with Crippen LogP contribution < -0.4 is 10.5 Å². The molecule has 5 heteroatoms. The van der Waals surface area contributed by atoms with Gasteiger partial charge in [-0.05, 0) is 25.0 Å². The Labute approximate surface area is 112 Å². The molecule has 0 bridgehead atoms. The van der Waals surface area contributed by atoms with Crippen molar-refractivity contribution in [3.63, 3.8) is 0 Å². The molecule has 0 saturated heterocycles. The minimum atomic E-state index is -0.361. The van der Waals surface area contributed by atoms with Gasteiger partial charge in [0.25, 0.3) is 0 Å².